The summed E-state index contributed by atoms with van der Waals surface area (Å²) in [6, 6.07) is 4.71. The Kier molecular flexibility index (Phi) is 3.36. The van der Waals surface area contributed by atoms with Gasteiger partial charge in [-0.15, -0.1) is 0 Å². The lowest BCUT2D eigenvalue weighted by molar-refractivity contribution is 0.162. The van der Waals surface area contributed by atoms with Crippen molar-refractivity contribution in [2.75, 3.05) is 0 Å². The van der Waals surface area contributed by atoms with Gasteiger partial charge in [-0.3, -0.25) is 4.98 Å². The van der Waals surface area contributed by atoms with Crippen LogP contribution in [0.15, 0.2) is 18.2 Å². The van der Waals surface area contributed by atoms with Gasteiger partial charge < -0.3 is 15.9 Å². The second-order valence-electron chi connectivity index (χ2n) is 2.98. The molecule has 1 heterocycles. The van der Waals surface area contributed by atoms with Gasteiger partial charge in [-0.05, 0) is 19.1 Å². The Bertz CT molecular complexity index is 276. The zero-order valence-corrected chi connectivity index (χ0v) is 7.51. The average molecular weight is 182 g/mol. The molecule has 0 aromatic carbocycles. The molecule has 13 heavy (non-hydrogen) atoms. The van der Waals surface area contributed by atoms with E-state index < -0.39 is 12.1 Å². The van der Waals surface area contributed by atoms with Crippen molar-refractivity contribution in [3.63, 3.8) is 0 Å². The fraction of sp³-hybridized carbons (Fsp3) is 0.444. The fourth-order valence-corrected chi connectivity index (χ4v) is 1.02. The molecule has 0 aliphatic heterocycles. The van der Waals surface area contributed by atoms with Gasteiger partial charge in [-0.25, -0.2) is 0 Å². The standard InChI is InChI=1S/C9H14N2O2/c1-6(13)9(10)8-4-2-3-7(5-12)11-8/h2-4,6,9,12-13H,5,10H2,1H3/t6-,9+/m1/s1. The molecule has 0 saturated carbocycles. The molecule has 0 spiro atoms. The van der Waals surface area contributed by atoms with Gasteiger partial charge in [0.05, 0.1) is 30.1 Å². The van der Waals surface area contributed by atoms with E-state index in [9.17, 15) is 5.11 Å². The number of aromatic nitrogens is 1. The lowest BCUT2D eigenvalue weighted by Crippen LogP contribution is -2.24. The largest absolute Gasteiger partial charge is 0.391 e. The number of rotatable bonds is 3. The zero-order valence-electron chi connectivity index (χ0n) is 7.51. The molecule has 0 unspecified atom stereocenters. The zero-order chi connectivity index (χ0) is 9.84. The van der Waals surface area contributed by atoms with Crippen LogP contribution in [0.4, 0.5) is 0 Å². The van der Waals surface area contributed by atoms with E-state index in [1.54, 1.807) is 25.1 Å². The summed E-state index contributed by atoms with van der Waals surface area (Å²) >= 11 is 0. The third kappa shape index (κ3) is 2.48. The van der Waals surface area contributed by atoms with Crippen molar-refractivity contribution in [3.8, 4) is 0 Å². The highest BCUT2D eigenvalue weighted by atomic mass is 16.3. The van der Waals surface area contributed by atoms with Gasteiger partial charge in [0.1, 0.15) is 0 Å². The second-order valence-corrected chi connectivity index (χ2v) is 2.98. The van der Waals surface area contributed by atoms with E-state index in [1.807, 2.05) is 0 Å². The number of pyridine rings is 1. The normalized spacial score (nSPS) is 15.4. The highest BCUT2D eigenvalue weighted by Gasteiger charge is 2.13. The molecule has 4 nitrogen and oxygen atoms in total. The Morgan fingerprint density at radius 1 is 1.54 bits per heavy atom. The summed E-state index contributed by atoms with van der Waals surface area (Å²) in [5.74, 6) is 0. The number of nitrogens with zero attached hydrogens (tertiary/aromatic N) is 1. The number of nitrogens with two attached hydrogens (primary N) is 1. The van der Waals surface area contributed by atoms with Crippen LogP contribution in [-0.2, 0) is 6.61 Å². The molecule has 72 valence electrons. The first-order valence-corrected chi connectivity index (χ1v) is 4.15. The smallest absolute Gasteiger partial charge is 0.0853 e. The Morgan fingerprint density at radius 2 is 2.23 bits per heavy atom. The first-order chi connectivity index (χ1) is 6.15. The molecule has 1 aromatic rings. The van der Waals surface area contributed by atoms with Crippen LogP contribution >= 0.6 is 0 Å². The van der Waals surface area contributed by atoms with Crippen LogP contribution in [0.5, 0.6) is 0 Å². The van der Waals surface area contributed by atoms with Crippen LogP contribution in [0, 0.1) is 0 Å². The maximum Gasteiger partial charge on any atom is 0.0853 e. The molecule has 0 amide bonds. The van der Waals surface area contributed by atoms with E-state index in [0.29, 0.717) is 11.4 Å². The maximum atomic E-state index is 9.21. The summed E-state index contributed by atoms with van der Waals surface area (Å²) in [6.45, 7) is 1.50. The van der Waals surface area contributed by atoms with Crippen LogP contribution in [0.3, 0.4) is 0 Å². The summed E-state index contributed by atoms with van der Waals surface area (Å²) < 4.78 is 0. The van der Waals surface area contributed by atoms with Gasteiger partial charge in [0, 0.05) is 0 Å². The Labute approximate surface area is 77.0 Å². The summed E-state index contributed by atoms with van der Waals surface area (Å²) in [5.41, 5.74) is 6.83. The SMILES string of the molecule is C[C@@H](O)[C@H](N)c1cccc(CO)n1. The third-order valence-corrected chi connectivity index (χ3v) is 1.85. The van der Waals surface area contributed by atoms with Crippen molar-refractivity contribution in [2.45, 2.75) is 25.7 Å². The molecule has 0 saturated heterocycles. The van der Waals surface area contributed by atoms with E-state index in [-0.39, 0.29) is 6.61 Å². The van der Waals surface area contributed by atoms with Crippen molar-refractivity contribution in [1.29, 1.82) is 0 Å². The van der Waals surface area contributed by atoms with E-state index >= 15 is 0 Å². The van der Waals surface area contributed by atoms with Gasteiger partial charge in [-0.2, -0.15) is 0 Å². The van der Waals surface area contributed by atoms with Gasteiger partial charge >= 0.3 is 0 Å². The summed E-state index contributed by atoms with van der Waals surface area (Å²) in [6.07, 6.45) is -0.638. The third-order valence-electron chi connectivity index (χ3n) is 1.85. The Balaban J connectivity index is 2.88. The van der Waals surface area contributed by atoms with Crippen LogP contribution in [-0.4, -0.2) is 21.3 Å². The molecule has 1 rings (SSSR count). The quantitative estimate of drug-likeness (QED) is 0.612. The first kappa shape index (κ1) is 10.1. The molecule has 0 bridgehead atoms. The predicted octanol–water partition coefficient (Wildman–Crippen LogP) is -0.0455. The Hall–Kier alpha value is -0.970. The predicted molar refractivity (Wildman–Crippen MR) is 48.8 cm³/mol. The van der Waals surface area contributed by atoms with Crippen LogP contribution in [0.25, 0.3) is 0 Å². The molecule has 0 aliphatic rings. The van der Waals surface area contributed by atoms with Crippen LogP contribution in [0.1, 0.15) is 24.4 Å². The molecule has 1 aromatic heterocycles. The molecule has 4 heteroatoms. The number of aliphatic hydroxyl groups excluding tert-OH is 2. The first-order valence-electron chi connectivity index (χ1n) is 4.15. The molecule has 0 fully saturated rings. The van der Waals surface area contributed by atoms with E-state index in [1.165, 1.54) is 0 Å². The molecule has 4 N–H and O–H groups in total. The lowest BCUT2D eigenvalue weighted by atomic mass is 10.1. The molecular formula is C9H14N2O2. The topological polar surface area (TPSA) is 79.4 Å². The van der Waals surface area contributed by atoms with E-state index in [4.69, 9.17) is 10.8 Å². The minimum Gasteiger partial charge on any atom is -0.391 e. The second kappa shape index (κ2) is 4.32. The van der Waals surface area contributed by atoms with Gasteiger partial charge in [0.25, 0.3) is 0 Å². The minimum atomic E-state index is -0.638. The highest BCUT2D eigenvalue weighted by Crippen LogP contribution is 2.11. The summed E-state index contributed by atoms with van der Waals surface area (Å²) in [5, 5.41) is 18.0. The number of hydrogen-bond acceptors (Lipinski definition) is 4. The van der Waals surface area contributed by atoms with Crippen molar-refractivity contribution in [3.05, 3.63) is 29.6 Å². The van der Waals surface area contributed by atoms with E-state index in [2.05, 4.69) is 4.98 Å². The Morgan fingerprint density at radius 3 is 2.77 bits per heavy atom. The van der Waals surface area contributed by atoms with Gasteiger partial charge in [-0.1, -0.05) is 6.07 Å². The monoisotopic (exact) mass is 182 g/mol. The fourth-order valence-electron chi connectivity index (χ4n) is 1.02. The number of aliphatic hydroxyl groups is 2. The molecular weight excluding hydrogens is 168 g/mol. The summed E-state index contributed by atoms with van der Waals surface area (Å²) in [4.78, 5) is 4.08. The van der Waals surface area contributed by atoms with Gasteiger partial charge in [0.2, 0.25) is 0 Å². The van der Waals surface area contributed by atoms with Crippen molar-refractivity contribution < 1.29 is 10.2 Å². The number of hydrogen-bond donors (Lipinski definition) is 3. The maximum absolute atomic E-state index is 9.21. The minimum absolute atomic E-state index is 0.111. The molecule has 2 atom stereocenters. The van der Waals surface area contributed by atoms with Gasteiger partial charge in [0.15, 0.2) is 0 Å². The molecule has 0 radical (unpaired) electrons. The van der Waals surface area contributed by atoms with Crippen molar-refractivity contribution in [1.82, 2.24) is 4.98 Å². The van der Waals surface area contributed by atoms with E-state index in [0.717, 1.165) is 0 Å². The van der Waals surface area contributed by atoms with Crippen LogP contribution in [0.2, 0.25) is 0 Å². The molecule has 0 aliphatic carbocycles. The van der Waals surface area contributed by atoms with Crippen molar-refractivity contribution >= 4 is 0 Å². The summed E-state index contributed by atoms with van der Waals surface area (Å²) in [7, 11) is 0. The average Bonchev–Trinajstić information content (AvgIpc) is 2.16. The highest BCUT2D eigenvalue weighted by molar-refractivity contribution is 5.14. The van der Waals surface area contributed by atoms with Crippen molar-refractivity contribution in [2.24, 2.45) is 5.73 Å². The van der Waals surface area contributed by atoms with Crippen LogP contribution < -0.4 is 5.73 Å². The lowest BCUT2D eigenvalue weighted by Gasteiger charge is -2.14.